The number of benzene rings is 1. The standard InChI is InChI=1S/C16H13ClN2O2/c1-11-4-5-12(3-2-8-20)9-14(11)16(21)19-15-7-6-13(17)10-18-15/h4-7,9-10,20H,8H2,1H3,(H,18,19,21). The van der Waals surface area contributed by atoms with Crippen LogP contribution in [0, 0.1) is 18.8 Å². The third kappa shape index (κ3) is 4.06. The lowest BCUT2D eigenvalue weighted by atomic mass is 10.0. The number of amides is 1. The Morgan fingerprint density at radius 3 is 2.86 bits per heavy atom. The maximum absolute atomic E-state index is 12.3. The molecule has 0 aliphatic heterocycles. The molecule has 106 valence electrons. The minimum Gasteiger partial charge on any atom is -0.384 e. The van der Waals surface area contributed by atoms with Crippen LogP contribution in [0.3, 0.4) is 0 Å². The molecule has 1 aromatic heterocycles. The molecule has 0 spiro atoms. The van der Waals surface area contributed by atoms with Gasteiger partial charge < -0.3 is 10.4 Å². The van der Waals surface area contributed by atoms with Crippen LogP contribution in [0.15, 0.2) is 36.5 Å². The molecule has 0 unspecified atom stereocenters. The predicted molar refractivity (Wildman–Crippen MR) is 82.3 cm³/mol. The number of nitrogens with one attached hydrogen (secondary N) is 1. The van der Waals surface area contributed by atoms with Gasteiger partial charge in [0.05, 0.1) is 5.02 Å². The SMILES string of the molecule is Cc1ccc(C#CCO)cc1C(=O)Nc1ccc(Cl)cn1. The number of rotatable bonds is 2. The average molecular weight is 301 g/mol. The summed E-state index contributed by atoms with van der Waals surface area (Å²) in [6.45, 7) is 1.62. The smallest absolute Gasteiger partial charge is 0.257 e. The number of pyridine rings is 1. The van der Waals surface area contributed by atoms with E-state index in [2.05, 4.69) is 22.1 Å². The lowest BCUT2D eigenvalue weighted by molar-refractivity contribution is 0.102. The zero-order chi connectivity index (χ0) is 15.2. The van der Waals surface area contributed by atoms with Gasteiger partial charge in [0.15, 0.2) is 0 Å². The number of hydrogen-bond donors (Lipinski definition) is 2. The number of aliphatic hydroxyl groups excluding tert-OH is 1. The lowest BCUT2D eigenvalue weighted by Gasteiger charge is -2.07. The Hall–Kier alpha value is -2.35. The van der Waals surface area contributed by atoms with Gasteiger partial charge in [-0.05, 0) is 36.8 Å². The van der Waals surface area contributed by atoms with E-state index in [-0.39, 0.29) is 12.5 Å². The van der Waals surface area contributed by atoms with Crippen molar-refractivity contribution in [2.75, 3.05) is 11.9 Å². The number of aryl methyl sites for hydroxylation is 1. The molecule has 0 atom stereocenters. The topological polar surface area (TPSA) is 62.2 Å². The molecular weight excluding hydrogens is 288 g/mol. The Balaban J connectivity index is 2.23. The van der Waals surface area contributed by atoms with E-state index in [9.17, 15) is 4.79 Å². The first kappa shape index (κ1) is 15.0. The Labute approximate surface area is 127 Å². The maximum Gasteiger partial charge on any atom is 0.257 e. The number of anilines is 1. The quantitative estimate of drug-likeness (QED) is 0.838. The summed E-state index contributed by atoms with van der Waals surface area (Å²) in [6, 6.07) is 8.58. The van der Waals surface area contributed by atoms with E-state index in [1.807, 2.05) is 13.0 Å². The molecule has 2 N–H and O–H groups in total. The Kier molecular flexibility index (Phi) is 4.94. The molecule has 0 aliphatic rings. The highest BCUT2D eigenvalue weighted by Crippen LogP contribution is 2.14. The molecule has 1 aromatic carbocycles. The molecule has 5 heteroatoms. The highest BCUT2D eigenvalue weighted by molar-refractivity contribution is 6.30. The van der Waals surface area contributed by atoms with Crippen LogP contribution in [-0.4, -0.2) is 22.6 Å². The summed E-state index contributed by atoms with van der Waals surface area (Å²) in [4.78, 5) is 16.3. The van der Waals surface area contributed by atoms with Crippen molar-refractivity contribution in [3.05, 3.63) is 58.2 Å². The van der Waals surface area contributed by atoms with Gasteiger partial charge in [-0.1, -0.05) is 29.5 Å². The van der Waals surface area contributed by atoms with E-state index in [0.717, 1.165) is 5.56 Å². The Morgan fingerprint density at radius 1 is 1.38 bits per heavy atom. The zero-order valence-corrected chi connectivity index (χ0v) is 12.1. The summed E-state index contributed by atoms with van der Waals surface area (Å²) in [5.74, 6) is 5.49. The number of nitrogens with zero attached hydrogens (tertiary/aromatic N) is 1. The summed E-state index contributed by atoms with van der Waals surface area (Å²) in [6.07, 6.45) is 1.47. The van der Waals surface area contributed by atoms with Gasteiger partial charge in [0.25, 0.3) is 5.91 Å². The highest BCUT2D eigenvalue weighted by Gasteiger charge is 2.10. The van der Waals surface area contributed by atoms with E-state index < -0.39 is 0 Å². The van der Waals surface area contributed by atoms with Crippen molar-refractivity contribution in [2.45, 2.75) is 6.92 Å². The molecule has 1 amide bonds. The number of carbonyl (C=O) groups excluding carboxylic acids is 1. The third-order valence-electron chi connectivity index (χ3n) is 2.76. The number of aromatic nitrogens is 1. The molecule has 0 aliphatic carbocycles. The van der Waals surface area contributed by atoms with E-state index in [1.54, 1.807) is 24.3 Å². The second-order valence-electron chi connectivity index (χ2n) is 4.31. The van der Waals surface area contributed by atoms with Gasteiger partial charge in [0.2, 0.25) is 0 Å². The van der Waals surface area contributed by atoms with Gasteiger partial charge in [-0.15, -0.1) is 0 Å². The maximum atomic E-state index is 12.3. The molecule has 0 bridgehead atoms. The molecule has 21 heavy (non-hydrogen) atoms. The van der Waals surface area contributed by atoms with Crippen molar-refractivity contribution < 1.29 is 9.90 Å². The highest BCUT2D eigenvalue weighted by atomic mass is 35.5. The van der Waals surface area contributed by atoms with E-state index >= 15 is 0 Å². The van der Waals surface area contributed by atoms with E-state index in [4.69, 9.17) is 16.7 Å². The number of carbonyl (C=O) groups is 1. The normalized spacial score (nSPS) is 9.67. The van der Waals surface area contributed by atoms with Gasteiger partial charge in [0.1, 0.15) is 12.4 Å². The van der Waals surface area contributed by atoms with Gasteiger partial charge in [-0.3, -0.25) is 4.79 Å². The minimum absolute atomic E-state index is 0.218. The minimum atomic E-state index is -0.269. The molecular formula is C16H13ClN2O2. The molecule has 0 saturated heterocycles. The summed E-state index contributed by atoms with van der Waals surface area (Å²) in [7, 11) is 0. The first-order valence-electron chi connectivity index (χ1n) is 6.23. The summed E-state index contributed by atoms with van der Waals surface area (Å²) in [5, 5.41) is 11.9. The largest absolute Gasteiger partial charge is 0.384 e. The van der Waals surface area contributed by atoms with Crippen LogP contribution in [0.25, 0.3) is 0 Å². The van der Waals surface area contributed by atoms with Gasteiger partial charge in [0, 0.05) is 17.3 Å². The van der Waals surface area contributed by atoms with Gasteiger partial charge in [-0.25, -0.2) is 4.98 Å². The fraction of sp³-hybridized carbons (Fsp3) is 0.125. The number of halogens is 1. The first-order valence-corrected chi connectivity index (χ1v) is 6.61. The molecule has 0 fully saturated rings. The van der Waals surface area contributed by atoms with Gasteiger partial charge >= 0.3 is 0 Å². The van der Waals surface area contributed by atoms with Crippen LogP contribution in [0.5, 0.6) is 0 Å². The van der Waals surface area contributed by atoms with Crippen molar-refractivity contribution in [1.29, 1.82) is 0 Å². The monoisotopic (exact) mass is 300 g/mol. The van der Waals surface area contributed by atoms with Gasteiger partial charge in [-0.2, -0.15) is 0 Å². The first-order chi connectivity index (χ1) is 10.1. The summed E-state index contributed by atoms with van der Waals surface area (Å²) in [5.41, 5.74) is 2.01. The van der Waals surface area contributed by atoms with Crippen molar-refractivity contribution in [2.24, 2.45) is 0 Å². The van der Waals surface area contributed by atoms with Crippen LogP contribution in [0.2, 0.25) is 5.02 Å². The average Bonchev–Trinajstić information content (AvgIpc) is 2.48. The second kappa shape index (κ2) is 6.89. The molecule has 0 radical (unpaired) electrons. The van der Waals surface area contributed by atoms with Crippen LogP contribution >= 0.6 is 11.6 Å². The van der Waals surface area contributed by atoms with E-state index in [0.29, 0.717) is 22.0 Å². The van der Waals surface area contributed by atoms with Crippen LogP contribution in [0.4, 0.5) is 5.82 Å². The fourth-order valence-corrected chi connectivity index (χ4v) is 1.83. The van der Waals surface area contributed by atoms with Crippen LogP contribution in [0.1, 0.15) is 21.5 Å². The molecule has 4 nitrogen and oxygen atoms in total. The second-order valence-corrected chi connectivity index (χ2v) is 4.74. The lowest BCUT2D eigenvalue weighted by Crippen LogP contribution is -2.14. The van der Waals surface area contributed by atoms with Crippen molar-refractivity contribution in [1.82, 2.24) is 4.98 Å². The predicted octanol–water partition coefficient (Wildman–Crippen LogP) is 2.64. The van der Waals surface area contributed by atoms with Crippen molar-refractivity contribution >= 4 is 23.3 Å². The van der Waals surface area contributed by atoms with Crippen molar-refractivity contribution in [3.8, 4) is 11.8 Å². The summed E-state index contributed by atoms with van der Waals surface area (Å²) < 4.78 is 0. The molecule has 2 rings (SSSR count). The molecule has 0 saturated carbocycles. The van der Waals surface area contributed by atoms with Crippen molar-refractivity contribution in [3.63, 3.8) is 0 Å². The van der Waals surface area contributed by atoms with E-state index in [1.165, 1.54) is 6.20 Å². The summed E-state index contributed by atoms with van der Waals surface area (Å²) >= 11 is 5.75. The molecule has 2 aromatic rings. The Morgan fingerprint density at radius 2 is 2.19 bits per heavy atom. The van der Waals surface area contributed by atoms with Crippen LogP contribution < -0.4 is 5.32 Å². The number of aliphatic hydroxyl groups is 1. The zero-order valence-electron chi connectivity index (χ0n) is 11.4. The fourth-order valence-electron chi connectivity index (χ4n) is 1.72. The Bertz CT molecular complexity index is 715. The van der Waals surface area contributed by atoms with Crippen LogP contribution in [-0.2, 0) is 0 Å². The number of hydrogen-bond acceptors (Lipinski definition) is 3. The molecule has 1 heterocycles. The third-order valence-corrected chi connectivity index (χ3v) is 2.99.